The van der Waals surface area contributed by atoms with Crippen LogP contribution in [0.15, 0.2) is 176 Å². The van der Waals surface area contributed by atoms with Crippen LogP contribution in [0.4, 0.5) is 0 Å². The Labute approximate surface area is 294 Å². The summed E-state index contributed by atoms with van der Waals surface area (Å²) in [5.74, 6) is 0. The number of fused-ring (bicyclic) bond motifs is 4. The molecule has 0 amide bonds. The summed E-state index contributed by atoms with van der Waals surface area (Å²) in [6, 6.07) is 63.1. The number of rotatable bonds is 4. The third-order valence-corrected chi connectivity index (χ3v) is 10.5. The van der Waals surface area contributed by atoms with E-state index in [2.05, 4.69) is 150 Å². The molecule has 3 nitrogen and oxygen atoms in total. The molecule has 10 aromatic rings. The Kier molecular flexibility index (Phi) is 5.96. The molecule has 0 saturated carbocycles. The molecule has 51 heavy (non-hydrogen) atoms. The Bertz CT molecular complexity index is 2990. The summed E-state index contributed by atoms with van der Waals surface area (Å²) in [6.45, 7) is 0. The van der Waals surface area contributed by atoms with Gasteiger partial charge in [0.2, 0.25) is 0 Å². The number of hydrogen-bond acceptors (Lipinski definition) is 2. The molecule has 0 saturated heterocycles. The Balaban J connectivity index is 1.20. The summed E-state index contributed by atoms with van der Waals surface area (Å²) in [5, 5.41) is 5.17. The summed E-state index contributed by atoms with van der Waals surface area (Å²) in [4.78, 5) is 10.3. The van der Waals surface area contributed by atoms with E-state index in [0.29, 0.717) is 0 Å². The van der Waals surface area contributed by atoms with Crippen LogP contribution in [0.5, 0.6) is 0 Å². The van der Waals surface area contributed by atoms with Gasteiger partial charge in [-0.3, -0.25) is 0 Å². The zero-order chi connectivity index (χ0) is 33.5. The molecule has 0 fully saturated rings. The third kappa shape index (κ3) is 4.19. The minimum Gasteiger partial charge on any atom is -0.309 e. The molecule has 0 bridgehead atoms. The first-order valence-corrected chi connectivity index (χ1v) is 17.4. The number of para-hydroxylation sites is 2. The van der Waals surface area contributed by atoms with Crippen LogP contribution in [0.25, 0.3) is 105 Å². The lowest BCUT2D eigenvalue weighted by molar-refractivity contribution is 1.18. The molecule has 1 aliphatic rings. The predicted octanol–water partition coefficient (Wildman–Crippen LogP) is 12.5. The van der Waals surface area contributed by atoms with Crippen molar-refractivity contribution in [3.8, 4) is 61.6 Å². The van der Waals surface area contributed by atoms with Crippen molar-refractivity contribution in [2.45, 2.75) is 0 Å². The topological polar surface area (TPSA) is 30.7 Å². The minimum absolute atomic E-state index is 0.879. The highest BCUT2D eigenvalue weighted by molar-refractivity contribution is 6.30. The first-order valence-electron chi connectivity index (χ1n) is 17.4. The van der Waals surface area contributed by atoms with Crippen molar-refractivity contribution < 1.29 is 0 Å². The van der Waals surface area contributed by atoms with Crippen molar-refractivity contribution in [1.82, 2.24) is 14.5 Å². The molecule has 0 unspecified atom stereocenters. The Morgan fingerprint density at radius 1 is 0.333 bits per heavy atom. The van der Waals surface area contributed by atoms with Gasteiger partial charge in [-0.1, -0.05) is 133 Å². The average molecular weight is 648 g/mol. The van der Waals surface area contributed by atoms with Crippen molar-refractivity contribution in [2.75, 3.05) is 0 Å². The van der Waals surface area contributed by atoms with Crippen LogP contribution in [0.3, 0.4) is 0 Å². The first-order chi connectivity index (χ1) is 25.3. The molecule has 2 aromatic heterocycles. The van der Waals surface area contributed by atoms with Crippen molar-refractivity contribution in [3.63, 3.8) is 0 Å². The van der Waals surface area contributed by atoms with E-state index in [0.717, 1.165) is 39.2 Å². The number of nitrogens with zero attached hydrogens (tertiary/aromatic N) is 3. The third-order valence-electron chi connectivity index (χ3n) is 10.5. The van der Waals surface area contributed by atoms with Gasteiger partial charge in [0, 0.05) is 27.6 Å². The second-order valence-electron chi connectivity index (χ2n) is 13.4. The van der Waals surface area contributed by atoms with Crippen LogP contribution in [0.1, 0.15) is 0 Å². The zero-order valence-electron chi connectivity index (χ0n) is 27.6. The van der Waals surface area contributed by atoms with Gasteiger partial charge in [0.05, 0.1) is 33.5 Å². The molecule has 1 aliphatic carbocycles. The normalized spacial score (nSPS) is 11.9. The lowest BCUT2D eigenvalue weighted by atomic mass is 9.92. The van der Waals surface area contributed by atoms with Gasteiger partial charge in [-0.05, 0) is 86.6 Å². The lowest BCUT2D eigenvalue weighted by Crippen LogP contribution is -1.97. The van der Waals surface area contributed by atoms with Gasteiger partial charge >= 0.3 is 0 Å². The van der Waals surface area contributed by atoms with Crippen LogP contribution < -0.4 is 0 Å². The van der Waals surface area contributed by atoms with Gasteiger partial charge in [-0.25, -0.2) is 9.97 Å². The fourth-order valence-electron chi connectivity index (χ4n) is 8.24. The molecule has 0 radical (unpaired) electrons. The Morgan fingerprint density at radius 3 is 1.63 bits per heavy atom. The van der Waals surface area contributed by atoms with E-state index in [4.69, 9.17) is 9.97 Å². The van der Waals surface area contributed by atoms with Crippen LogP contribution in [0, 0.1) is 0 Å². The largest absolute Gasteiger partial charge is 0.309 e. The molecular formula is C48H29N3. The van der Waals surface area contributed by atoms with Crippen molar-refractivity contribution >= 4 is 43.6 Å². The highest BCUT2D eigenvalue weighted by Gasteiger charge is 2.26. The molecule has 3 heteroatoms. The highest BCUT2D eigenvalue weighted by atomic mass is 15.0. The van der Waals surface area contributed by atoms with E-state index in [1.807, 2.05) is 30.3 Å². The fourth-order valence-corrected chi connectivity index (χ4v) is 8.24. The molecule has 0 atom stereocenters. The number of aromatic nitrogens is 3. The number of hydrogen-bond donors (Lipinski definition) is 0. The lowest BCUT2D eigenvalue weighted by Gasteiger charge is -2.16. The van der Waals surface area contributed by atoms with E-state index in [1.165, 1.54) is 66.0 Å². The highest BCUT2D eigenvalue weighted by Crippen LogP contribution is 2.50. The van der Waals surface area contributed by atoms with Crippen LogP contribution in [0.2, 0.25) is 0 Å². The molecule has 2 heterocycles. The van der Waals surface area contributed by atoms with Crippen LogP contribution >= 0.6 is 0 Å². The smallest absolute Gasteiger partial charge is 0.0973 e. The molecule has 0 aliphatic heterocycles. The quantitative estimate of drug-likeness (QED) is 0.190. The van der Waals surface area contributed by atoms with Crippen molar-refractivity contribution in [3.05, 3.63) is 176 Å². The SMILES string of the molecule is c1ccc(-c2cc3c4c5c6c(cccc6ccc5n(-c5ccc(-c6nc7ccccc7nc6-c6ccccc6)cc5)c4c2)-c2ccccc2-3)cc1. The van der Waals surface area contributed by atoms with Crippen molar-refractivity contribution in [2.24, 2.45) is 0 Å². The zero-order valence-corrected chi connectivity index (χ0v) is 27.6. The van der Waals surface area contributed by atoms with E-state index in [9.17, 15) is 0 Å². The van der Waals surface area contributed by atoms with Gasteiger partial charge < -0.3 is 4.57 Å². The summed E-state index contributed by atoms with van der Waals surface area (Å²) in [5.41, 5.74) is 16.6. The minimum atomic E-state index is 0.879. The predicted molar refractivity (Wildman–Crippen MR) is 212 cm³/mol. The Hall–Kier alpha value is -6.84. The molecule has 236 valence electrons. The summed E-state index contributed by atoms with van der Waals surface area (Å²) < 4.78 is 2.46. The molecule has 0 spiro atoms. The van der Waals surface area contributed by atoms with Gasteiger partial charge in [-0.15, -0.1) is 0 Å². The maximum Gasteiger partial charge on any atom is 0.0973 e. The van der Waals surface area contributed by atoms with E-state index in [1.54, 1.807) is 0 Å². The Morgan fingerprint density at radius 2 is 0.922 bits per heavy atom. The number of benzene rings is 8. The summed E-state index contributed by atoms with van der Waals surface area (Å²) >= 11 is 0. The molecule has 11 rings (SSSR count). The monoisotopic (exact) mass is 647 g/mol. The van der Waals surface area contributed by atoms with Gasteiger partial charge in [0.1, 0.15) is 0 Å². The first kappa shape index (κ1) is 28.0. The molecular weight excluding hydrogens is 619 g/mol. The van der Waals surface area contributed by atoms with Gasteiger partial charge in [0.25, 0.3) is 0 Å². The molecule has 0 N–H and O–H groups in total. The molecule has 8 aromatic carbocycles. The maximum absolute atomic E-state index is 5.17. The fraction of sp³-hybridized carbons (Fsp3) is 0. The van der Waals surface area contributed by atoms with Crippen LogP contribution in [-0.2, 0) is 0 Å². The van der Waals surface area contributed by atoms with Crippen molar-refractivity contribution in [1.29, 1.82) is 0 Å². The van der Waals surface area contributed by atoms with Crippen LogP contribution in [-0.4, -0.2) is 14.5 Å². The second-order valence-corrected chi connectivity index (χ2v) is 13.4. The van der Waals surface area contributed by atoms with E-state index in [-0.39, 0.29) is 0 Å². The van der Waals surface area contributed by atoms with Gasteiger partial charge in [0.15, 0.2) is 0 Å². The second kappa shape index (κ2) is 10.8. The van der Waals surface area contributed by atoms with Gasteiger partial charge in [-0.2, -0.15) is 0 Å². The van der Waals surface area contributed by atoms with E-state index >= 15 is 0 Å². The standard InChI is InChI=1S/C48H29N3/c1-3-12-30(13-4-1)34-28-39-37-18-8-7-17-36(37)38-19-11-16-31-24-27-42-46(44(31)38)45(39)43(29-34)51(42)35-25-22-33(23-26-35)48-47(32-14-5-2-6-15-32)49-40-20-9-10-21-41(40)50-48/h1-29H. The van der Waals surface area contributed by atoms with E-state index < -0.39 is 0 Å². The summed E-state index contributed by atoms with van der Waals surface area (Å²) in [7, 11) is 0. The average Bonchev–Trinajstić information content (AvgIpc) is 3.48. The summed E-state index contributed by atoms with van der Waals surface area (Å²) in [6.07, 6.45) is 0. The maximum atomic E-state index is 5.17.